The number of hydrogen-bond donors (Lipinski definition) is 4. The Hall–Kier alpha value is -2.33. The predicted molar refractivity (Wildman–Crippen MR) is 79.9 cm³/mol. The number of thiophene rings is 1. The highest BCUT2D eigenvalue weighted by Crippen LogP contribution is 2.11. The van der Waals surface area contributed by atoms with E-state index in [1.54, 1.807) is 17.5 Å². The minimum atomic E-state index is -0.435. The van der Waals surface area contributed by atoms with Gasteiger partial charge >= 0.3 is 0 Å². The molecule has 0 aromatic carbocycles. The van der Waals surface area contributed by atoms with Crippen molar-refractivity contribution in [2.75, 3.05) is 11.5 Å². The van der Waals surface area contributed by atoms with Gasteiger partial charge in [0.2, 0.25) is 5.91 Å². The van der Waals surface area contributed by atoms with Crippen LogP contribution in [-0.4, -0.2) is 27.5 Å². The topological polar surface area (TPSA) is 130 Å². The van der Waals surface area contributed by atoms with E-state index in [2.05, 4.69) is 20.8 Å². The molecule has 0 unspecified atom stereocenters. The van der Waals surface area contributed by atoms with Crippen LogP contribution in [0.5, 0.6) is 0 Å². The number of hydrogen-bond acceptors (Lipinski definition) is 7. The molecule has 0 saturated carbocycles. The maximum atomic E-state index is 11.6. The van der Waals surface area contributed by atoms with Gasteiger partial charge in [-0.1, -0.05) is 17.8 Å². The lowest BCUT2D eigenvalue weighted by Gasteiger charge is -2.05. The Bertz CT molecular complexity index is 698. The molecule has 0 aliphatic carbocycles. The highest BCUT2D eigenvalue weighted by Gasteiger charge is 2.09. The van der Waals surface area contributed by atoms with Gasteiger partial charge in [-0.05, 0) is 11.4 Å². The number of hydrazine groups is 1. The Morgan fingerprint density at radius 2 is 2.24 bits per heavy atom. The number of nitrogens with one attached hydrogen (secondary N) is 3. The summed E-state index contributed by atoms with van der Waals surface area (Å²) in [6.45, 7) is 0. The SMILES string of the molecule is Nc1cc(=O)[nH]c(SCC(=O)NNC(=O)c2cccs2)n1. The Labute approximate surface area is 127 Å². The van der Waals surface area contributed by atoms with Crippen LogP contribution in [0.4, 0.5) is 5.82 Å². The summed E-state index contributed by atoms with van der Waals surface area (Å²) < 4.78 is 0. The first-order valence-corrected chi connectivity index (χ1v) is 7.53. The Morgan fingerprint density at radius 1 is 1.43 bits per heavy atom. The molecule has 0 radical (unpaired) electrons. The number of aromatic amines is 1. The molecule has 0 fully saturated rings. The summed E-state index contributed by atoms with van der Waals surface area (Å²) in [5, 5.41) is 1.99. The van der Waals surface area contributed by atoms with Crippen LogP contribution < -0.4 is 22.1 Å². The summed E-state index contributed by atoms with van der Waals surface area (Å²) in [5.74, 6) is -0.779. The van der Waals surface area contributed by atoms with Crippen LogP contribution in [0.2, 0.25) is 0 Å². The number of carbonyl (C=O) groups is 2. The first-order valence-electron chi connectivity index (χ1n) is 5.67. The van der Waals surface area contributed by atoms with Crippen LogP contribution in [0.25, 0.3) is 0 Å². The number of nitrogen functional groups attached to an aromatic ring is 1. The van der Waals surface area contributed by atoms with E-state index in [4.69, 9.17) is 5.73 Å². The van der Waals surface area contributed by atoms with Crippen LogP contribution in [-0.2, 0) is 4.79 Å². The van der Waals surface area contributed by atoms with Gasteiger partial charge in [0.25, 0.3) is 11.5 Å². The van der Waals surface area contributed by atoms with Crippen LogP contribution in [0.3, 0.4) is 0 Å². The first-order chi connectivity index (χ1) is 10.0. The van der Waals surface area contributed by atoms with Gasteiger partial charge in [0.15, 0.2) is 5.16 Å². The van der Waals surface area contributed by atoms with Gasteiger partial charge in [-0.25, -0.2) is 4.98 Å². The second-order valence-corrected chi connectivity index (χ2v) is 5.66. The van der Waals surface area contributed by atoms with E-state index >= 15 is 0 Å². The largest absolute Gasteiger partial charge is 0.383 e. The molecule has 2 aromatic heterocycles. The van der Waals surface area contributed by atoms with E-state index in [1.165, 1.54) is 11.3 Å². The fourth-order valence-electron chi connectivity index (χ4n) is 1.29. The van der Waals surface area contributed by atoms with Crippen molar-refractivity contribution in [3.05, 3.63) is 38.8 Å². The summed E-state index contributed by atoms with van der Waals surface area (Å²) >= 11 is 2.26. The molecule has 2 rings (SSSR count). The summed E-state index contributed by atoms with van der Waals surface area (Å²) in [6, 6.07) is 4.52. The van der Waals surface area contributed by atoms with Crippen LogP contribution in [0, 0.1) is 0 Å². The van der Waals surface area contributed by atoms with Crippen molar-refractivity contribution in [2.24, 2.45) is 0 Å². The van der Waals surface area contributed by atoms with Crippen molar-refractivity contribution in [3.8, 4) is 0 Å². The number of thioether (sulfide) groups is 1. The molecule has 0 saturated heterocycles. The third-order valence-corrected chi connectivity index (χ3v) is 3.88. The molecule has 2 amide bonds. The van der Waals surface area contributed by atoms with Crippen molar-refractivity contribution < 1.29 is 9.59 Å². The Kier molecular flexibility index (Phi) is 4.95. The average molecular weight is 325 g/mol. The number of rotatable bonds is 4. The lowest BCUT2D eigenvalue weighted by molar-refractivity contribution is -0.119. The van der Waals surface area contributed by atoms with Crippen molar-refractivity contribution in [2.45, 2.75) is 5.16 Å². The normalized spacial score (nSPS) is 10.1. The molecule has 21 heavy (non-hydrogen) atoms. The van der Waals surface area contributed by atoms with Gasteiger partial charge in [0, 0.05) is 6.07 Å². The molecule has 0 atom stereocenters. The van der Waals surface area contributed by atoms with Crippen molar-refractivity contribution in [1.29, 1.82) is 0 Å². The molecule has 0 aliphatic heterocycles. The summed E-state index contributed by atoms with van der Waals surface area (Å²) in [4.78, 5) is 41.1. The molecule has 10 heteroatoms. The number of aromatic nitrogens is 2. The average Bonchev–Trinajstić information content (AvgIpc) is 2.95. The lowest BCUT2D eigenvalue weighted by Crippen LogP contribution is -2.42. The number of anilines is 1. The molecule has 0 spiro atoms. The summed E-state index contributed by atoms with van der Waals surface area (Å²) in [7, 11) is 0. The zero-order chi connectivity index (χ0) is 15.2. The highest BCUT2D eigenvalue weighted by atomic mass is 32.2. The van der Waals surface area contributed by atoms with E-state index < -0.39 is 11.5 Å². The van der Waals surface area contributed by atoms with Crippen LogP contribution in [0.15, 0.2) is 33.5 Å². The van der Waals surface area contributed by atoms with Gasteiger partial charge in [0.1, 0.15) is 5.82 Å². The van der Waals surface area contributed by atoms with Crippen LogP contribution >= 0.6 is 23.1 Å². The van der Waals surface area contributed by atoms with Gasteiger partial charge in [-0.3, -0.25) is 25.2 Å². The van der Waals surface area contributed by atoms with Crippen molar-refractivity contribution in [3.63, 3.8) is 0 Å². The van der Waals surface area contributed by atoms with Crippen molar-refractivity contribution in [1.82, 2.24) is 20.8 Å². The quantitative estimate of drug-likeness (QED) is 0.355. The van der Waals surface area contributed by atoms with E-state index in [-0.39, 0.29) is 22.6 Å². The monoisotopic (exact) mass is 325 g/mol. The third-order valence-electron chi connectivity index (χ3n) is 2.14. The zero-order valence-electron chi connectivity index (χ0n) is 10.6. The number of H-pyrrole nitrogens is 1. The lowest BCUT2D eigenvalue weighted by atomic mass is 10.4. The second kappa shape index (κ2) is 6.90. The van der Waals surface area contributed by atoms with E-state index in [0.717, 1.165) is 17.8 Å². The Balaban J connectivity index is 1.80. The van der Waals surface area contributed by atoms with Crippen LogP contribution in [0.1, 0.15) is 9.67 Å². The van der Waals surface area contributed by atoms with Gasteiger partial charge in [-0.15, -0.1) is 11.3 Å². The number of nitrogens with zero attached hydrogens (tertiary/aromatic N) is 1. The van der Waals surface area contributed by atoms with E-state index in [9.17, 15) is 14.4 Å². The molecule has 2 aromatic rings. The highest BCUT2D eigenvalue weighted by molar-refractivity contribution is 7.99. The minimum absolute atomic E-state index is 0.0306. The van der Waals surface area contributed by atoms with Gasteiger partial charge in [0.05, 0.1) is 10.6 Å². The standard InChI is InChI=1S/C11H11N5O3S2/c12-7-4-8(17)14-11(13-7)21-5-9(18)15-16-10(19)6-2-1-3-20-6/h1-4H,5H2,(H,15,18)(H,16,19)(H3,12,13,14,17). The minimum Gasteiger partial charge on any atom is -0.383 e. The van der Waals surface area contributed by atoms with Crippen molar-refractivity contribution >= 4 is 40.7 Å². The van der Waals surface area contributed by atoms with Gasteiger partial charge in [-0.2, -0.15) is 0 Å². The molecule has 8 nitrogen and oxygen atoms in total. The zero-order valence-corrected chi connectivity index (χ0v) is 12.2. The maximum Gasteiger partial charge on any atom is 0.279 e. The van der Waals surface area contributed by atoms with E-state index in [0.29, 0.717) is 4.88 Å². The second-order valence-electron chi connectivity index (χ2n) is 3.74. The van der Waals surface area contributed by atoms with Gasteiger partial charge < -0.3 is 10.7 Å². The fraction of sp³-hybridized carbons (Fsp3) is 0.0909. The molecular formula is C11H11N5O3S2. The van der Waals surface area contributed by atoms with E-state index in [1.807, 2.05) is 0 Å². The first kappa shape index (κ1) is 15.1. The molecular weight excluding hydrogens is 314 g/mol. The fourth-order valence-corrected chi connectivity index (χ4v) is 2.59. The third kappa shape index (κ3) is 4.61. The smallest absolute Gasteiger partial charge is 0.279 e. The number of nitrogens with two attached hydrogens (primary N) is 1. The molecule has 0 aliphatic rings. The summed E-state index contributed by atoms with van der Waals surface area (Å²) in [6.07, 6.45) is 0. The number of carbonyl (C=O) groups excluding carboxylic acids is 2. The molecule has 110 valence electrons. The Morgan fingerprint density at radius 3 is 2.90 bits per heavy atom. The molecule has 5 N–H and O–H groups in total. The molecule has 2 heterocycles. The molecule has 0 bridgehead atoms. The predicted octanol–water partition coefficient (Wildman–Crippen LogP) is -0.0331. The number of amides is 2. The summed E-state index contributed by atoms with van der Waals surface area (Å²) in [5.41, 5.74) is 9.58. The maximum absolute atomic E-state index is 11.6.